The highest BCUT2D eigenvalue weighted by atomic mass is 16.2. The number of benzene rings is 2. The molecule has 1 amide bonds. The lowest BCUT2D eigenvalue weighted by Gasteiger charge is -2.33. The first-order chi connectivity index (χ1) is 18.0. The molecule has 7 rings (SSSR count). The molecule has 1 aliphatic carbocycles. The molecular formula is C28H28N8O. The third-order valence-corrected chi connectivity index (χ3v) is 7.86. The van der Waals surface area contributed by atoms with Crippen molar-refractivity contribution in [3.05, 3.63) is 72.8 Å². The molecule has 3 aromatic heterocycles. The zero-order valence-corrected chi connectivity index (χ0v) is 20.4. The second-order valence-electron chi connectivity index (χ2n) is 10.3. The number of hydrogen-bond acceptors (Lipinski definition) is 6. The molecule has 0 unspecified atom stereocenters. The lowest BCUT2D eigenvalue weighted by molar-refractivity contribution is -0.134. The summed E-state index contributed by atoms with van der Waals surface area (Å²) in [6.07, 6.45) is 6.85. The molecule has 5 aromatic rings. The topological polar surface area (TPSA) is 120 Å². The van der Waals surface area contributed by atoms with E-state index in [2.05, 4.69) is 34.3 Å². The van der Waals surface area contributed by atoms with E-state index in [-0.39, 0.29) is 11.8 Å². The maximum absolute atomic E-state index is 12.7. The molecule has 1 saturated carbocycles. The molecule has 0 spiro atoms. The number of nitrogen functional groups attached to an aromatic ring is 1. The minimum Gasteiger partial charge on any atom is -0.382 e. The molecule has 2 fully saturated rings. The summed E-state index contributed by atoms with van der Waals surface area (Å²) in [6.45, 7) is 1.41. The van der Waals surface area contributed by atoms with Crippen LogP contribution >= 0.6 is 0 Å². The number of carbonyl (C=O) groups is 1. The number of nitrogens with two attached hydrogens (primary N) is 2. The Morgan fingerprint density at radius 1 is 1.03 bits per heavy atom. The Balaban J connectivity index is 1.24. The molecule has 37 heavy (non-hydrogen) atoms. The third kappa shape index (κ3) is 3.65. The standard InChI is InChI=1S/C28H28N8O/c29-26-25-22(19-6-7-20-16-35(33-23(20)14-19)21-4-2-1-3-5-21)15-24(36(25)32-17-31-26)18-8-12-34(13-9-18)27(37)28(30)10-11-28/h1-7,14-18H,8-13,30H2,(H2,29,31,32). The number of anilines is 1. The minimum absolute atomic E-state index is 0.0986. The van der Waals surface area contributed by atoms with Crippen LogP contribution in [-0.4, -0.2) is 53.8 Å². The number of rotatable bonds is 4. The van der Waals surface area contributed by atoms with Crippen LogP contribution in [0.5, 0.6) is 0 Å². The number of hydrogen-bond donors (Lipinski definition) is 2. The van der Waals surface area contributed by atoms with Gasteiger partial charge in [-0.25, -0.2) is 14.2 Å². The normalized spacial score (nSPS) is 17.5. The van der Waals surface area contributed by atoms with Crippen molar-refractivity contribution in [1.82, 2.24) is 29.3 Å². The molecule has 4 N–H and O–H groups in total. The average Bonchev–Trinajstić information content (AvgIpc) is 3.36. The highest BCUT2D eigenvalue weighted by Crippen LogP contribution is 2.39. The summed E-state index contributed by atoms with van der Waals surface area (Å²) < 4.78 is 3.83. The summed E-state index contributed by atoms with van der Waals surface area (Å²) in [7, 11) is 0. The smallest absolute Gasteiger partial charge is 0.242 e. The van der Waals surface area contributed by atoms with Crippen LogP contribution in [0.2, 0.25) is 0 Å². The number of carbonyl (C=O) groups excluding carboxylic acids is 1. The third-order valence-electron chi connectivity index (χ3n) is 7.86. The molecule has 186 valence electrons. The summed E-state index contributed by atoms with van der Waals surface area (Å²) in [5.74, 6) is 0.799. The summed E-state index contributed by atoms with van der Waals surface area (Å²) in [5, 5.41) is 10.5. The molecule has 1 saturated heterocycles. The van der Waals surface area contributed by atoms with Gasteiger partial charge in [0.15, 0.2) is 5.82 Å². The molecule has 2 aromatic carbocycles. The zero-order chi connectivity index (χ0) is 25.1. The second-order valence-corrected chi connectivity index (χ2v) is 10.3. The van der Waals surface area contributed by atoms with Crippen molar-refractivity contribution in [2.24, 2.45) is 5.73 Å². The predicted octanol–water partition coefficient (Wildman–Crippen LogP) is 3.51. The van der Waals surface area contributed by atoms with E-state index < -0.39 is 5.54 Å². The molecule has 1 aliphatic heterocycles. The minimum atomic E-state index is -0.615. The van der Waals surface area contributed by atoms with Crippen molar-refractivity contribution in [2.75, 3.05) is 18.8 Å². The first-order valence-corrected chi connectivity index (χ1v) is 12.8. The fourth-order valence-electron chi connectivity index (χ4n) is 5.54. The van der Waals surface area contributed by atoms with Gasteiger partial charge < -0.3 is 16.4 Å². The first kappa shape index (κ1) is 22.0. The molecular weight excluding hydrogens is 464 g/mol. The van der Waals surface area contributed by atoms with Gasteiger partial charge in [0.05, 0.1) is 16.7 Å². The molecule has 0 bridgehead atoms. The van der Waals surface area contributed by atoms with Crippen LogP contribution in [0.4, 0.5) is 5.82 Å². The lowest BCUT2D eigenvalue weighted by atomic mass is 9.92. The van der Waals surface area contributed by atoms with Crippen LogP contribution in [0.3, 0.4) is 0 Å². The van der Waals surface area contributed by atoms with E-state index in [1.807, 2.05) is 50.6 Å². The van der Waals surface area contributed by atoms with E-state index in [4.69, 9.17) is 16.6 Å². The number of fused-ring (bicyclic) bond motifs is 2. The van der Waals surface area contributed by atoms with E-state index in [1.54, 1.807) is 0 Å². The van der Waals surface area contributed by atoms with Crippen LogP contribution in [-0.2, 0) is 4.79 Å². The zero-order valence-electron chi connectivity index (χ0n) is 20.4. The molecule has 9 heteroatoms. The van der Waals surface area contributed by atoms with E-state index >= 15 is 0 Å². The Morgan fingerprint density at radius 2 is 1.81 bits per heavy atom. The highest BCUT2D eigenvalue weighted by Gasteiger charge is 2.48. The van der Waals surface area contributed by atoms with Gasteiger partial charge in [0.2, 0.25) is 5.91 Å². The number of nitrogens with zero attached hydrogens (tertiary/aromatic N) is 6. The van der Waals surface area contributed by atoms with Gasteiger partial charge in [0.25, 0.3) is 0 Å². The van der Waals surface area contributed by atoms with Crippen molar-refractivity contribution in [3.63, 3.8) is 0 Å². The number of amides is 1. The number of aromatic nitrogens is 5. The van der Waals surface area contributed by atoms with Gasteiger partial charge in [0, 0.05) is 41.8 Å². The van der Waals surface area contributed by atoms with Crippen LogP contribution in [0.15, 0.2) is 67.1 Å². The Bertz CT molecular complexity index is 1640. The Hall–Kier alpha value is -4.24. The first-order valence-electron chi connectivity index (χ1n) is 12.8. The summed E-state index contributed by atoms with van der Waals surface area (Å²) in [6, 6.07) is 18.5. The number of para-hydroxylation sites is 1. The molecule has 2 aliphatic rings. The van der Waals surface area contributed by atoms with Crippen LogP contribution in [0.25, 0.3) is 33.2 Å². The monoisotopic (exact) mass is 492 g/mol. The van der Waals surface area contributed by atoms with Gasteiger partial charge in [-0.15, -0.1) is 0 Å². The number of piperidine rings is 1. The van der Waals surface area contributed by atoms with E-state index in [0.29, 0.717) is 18.9 Å². The van der Waals surface area contributed by atoms with Gasteiger partial charge >= 0.3 is 0 Å². The fraction of sp³-hybridized carbons (Fsp3) is 0.286. The molecule has 4 heterocycles. The van der Waals surface area contributed by atoms with Gasteiger partial charge in [-0.1, -0.05) is 30.3 Å². The maximum atomic E-state index is 12.7. The van der Waals surface area contributed by atoms with Gasteiger partial charge in [0.1, 0.15) is 11.8 Å². The lowest BCUT2D eigenvalue weighted by Crippen LogP contribution is -2.48. The van der Waals surface area contributed by atoms with Gasteiger partial charge in [-0.05, 0) is 55.5 Å². The summed E-state index contributed by atoms with van der Waals surface area (Å²) >= 11 is 0. The Kier molecular flexibility index (Phi) is 4.84. The van der Waals surface area contributed by atoms with Gasteiger partial charge in [-0.2, -0.15) is 10.2 Å². The van der Waals surface area contributed by atoms with Crippen LogP contribution in [0, 0.1) is 0 Å². The van der Waals surface area contributed by atoms with Crippen molar-refractivity contribution < 1.29 is 4.79 Å². The van der Waals surface area contributed by atoms with E-state index in [1.165, 1.54) is 6.33 Å². The Morgan fingerprint density at radius 3 is 2.57 bits per heavy atom. The molecule has 0 radical (unpaired) electrons. The van der Waals surface area contributed by atoms with E-state index in [0.717, 1.165) is 64.6 Å². The van der Waals surface area contributed by atoms with E-state index in [9.17, 15) is 4.79 Å². The summed E-state index contributed by atoms with van der Waals surface area (Å²) in [4.78, 5) is 18.9. The predicted molar refractivity (Wildman–Crippen MR) is 142 cm³/mol. The second kappa shape index (κ2) is 8.14. The van der Waals surface area contributed by atoms with Gasteiger partial charge in [-0.3, -0.25) is 4.79 Å². The maximum Gasteiger partial charge on any atom is 0.242 e. The van der Waals surface area contributed by atoms with Crippen LogP contribution in [0.1, 0.15) is 37.3 Å². The molecule has 9 nitrogen and oxygen atoms in total. The van der Waals surface area contributed by atoms with Crippen molar-refractivity contribution in [1.29, 1.82) is 0 Å². The van der Waals surface area contributed by atoms with Crippen molar-refractivity contribution in [3.8, 4) is 16.8 Å². The van der Waals surface area contributed by atoms with Crippen LogP contribution < -0.4 is 11.5 Å². The number of likely N-dealkylation sites (tertiary alicyclic amines) is 1. The molecule has 0 atom stereocenters. The fourth-order valence-corrected chi connectivity index (χ4v) is 5.54. The average molecular weight is 493 g/mol. The SMILES string of the molecule is Nc1ncnn2c(C3CCN(C(=O)C4(N)CC4)CC3)cc(-c3ccc4cn(-c5ccccc5)nc4c3)c12. The Labute approximate surface area is 213 Å². The summed E-state index contributed by atoms with van der Waals surface area (Å²) in [5.41, 5.74) is 17.8. The quantitative estimate of drug-likeness (QED) is 0.396. The largest absolute Gasteiger partial charge is 0.382 e. The highest BCUT2D eigenvalue weighted by molar-refractivity contribution is 5.93. The van der Waals surface area contributed by atoms with Crippen molar-refractivity contribution >= 4 is 28.1 Å². The van der Waals surface area contributed by atoms with Crippen molar-refractivity contribution in [2.45, 2.75) is 37.1 Å².